The average Bonchev–Trinajstić information content (AvgIpc) is 2.63. The first-order chi connectivity index (χ1) is 12.3. The first kappa shape index (κ1) is 22.3. The Balaban J connectivity index is 1.69. The maximum absolute atomic E-state index is 11.0. The Morgan fingerprint density at radius 3 is 1.40 bits per heavy atom. The molecule has 0 unspecified atom stereocenters. The molecule has 0 bridgehead atoms. The summed E-state index contributed by atoms with van der Waals surface area (Å²) in [5.41, 5.74) is 0. The van der Waals surface area contributed by atoms with Crippen molar-refractivity contribution in [2.45, 2.75) is 110 Å². The van der Waals surface area contributed by atoms with Crippen LogP contribution in [0, 0.1) is 0 Å². The molecule has 2 amide bonds. The van der Waals surface area contributed by atoms with Crippen molar-refractivity contribution in [3.05, 3.63) is 0 Å². The molecule has 0 aromatic heterocycles. The predicted molar refractivity (Wildman–Crippen MR) is 108 cm³/mol. The Morgan fingerprint density at radius 1 is 0.640 bits per heavy atom. The van der Waals surface area contributed by atoms with Crippen molar-refractivity contribution in [1.82, 2.24) is 15.5 Å². The molecule has 0 spiro atoms. The van der Waals surface area contributed by atoms with Gasteiger partial charge in [0.25, 0.3) is 0 Å². The van der Waals surface area contributed by atoms with Gasteiger partial charge < -0.3 is 10.6 Å². The lowest BCUT2D eigenvalue weighted by molar-refractivity contribution is 0.180. The Kier molecular flexibility index (Phi) is 14.9. The van der Waals surface area contributed by atoms with Crippen LogP contribution < -0.4 is 10.6 Å². The summed E-state index contributed by atoms with van der Waals surface area (Å²) in [6.45, 7) is 4.77. The molecule has 0 aromatic carbocycles. The van der Waals surface area contributed by atoms with Gasteiger partial charge in [-0.1, -0.05) is 103 Å². The van der Waals surface area contributed by atoms with Crippen LogP contribution in [0.2, 0.25) is 0 Å². The van der Waals surface area contributed by atoms with Gasteiger partial charge in [-0.2, -0.15) is 0 Å². The molecule has 1 fully saturated rings. The van der Waals surface area contributed by atoms with Crippen LogP contribution >= 0.6 is 0 Å². The van der Waals surface area contributed by atoms with Crippen LogP contribution in [0.1, 0.15) is 110 Å². The zero-order chi connectivity index (χ0) is 18.0. The molecule has 1 rings (SSSR count). The summed E-state index contributed by atoms with van der Waals surface area (Å²) < 4.78 is 0. The normalized spacial score (nSPS) is 15.2. The van der Waals surface area contributed by atoms with Crippen molar-refractivity contribution in [3.63, 3.8) is 0 Å². The summed E-state index contributed by atoms with van der Waals surface area (Å²) in [4.78, 5) is 13.2. The van der Waals surface area contributed by atoms with E-state index in [1.54, 1.807) is 0 Å². The zero-order valence-electron chi connectivity index (χ0n) is 16.8. The van der Waals surface area contributed by atoms with Gasteiger partial charge >= 0.3 is 6.03 Å². The molecule has 0 radical (unpaired) electrons. The highest BCUT2D eigenvalue weighted by atomic mass is 16.2. The minimum Gasteiger partial charge on any atom is -0.325 e. The van der Waals surface area contributed by atoms with Crippen LogP contribution in [-0.4, -0.2) is 30.8 Å². The number of hydrogen-bond acceptors (Lipinski definition) is 2. The number of amides is 2. The van der Waals surface area contributed by atoms with Crippen LogP contribution in [0.15, 0.2) is 0 Å². The van der Waals surface area contributed by atoms with Crippen molar-refractivity contribution in [2.75, 3.05) is 19.9 Å². The molecule has 0 aromatic rings. The minimum absolute atomic E-state index is 0.0387. The molecule has 1 aliphatic heterocycles. The first-order valence-electron chi connectivity index (χ1n) is 11.1. The summed E-state index contributed by atoms with van der Waals surface area (Å²) >= 11 is 0. The van der Waals surface area contributed by atoms with Gasteiger partial charge in [-0.15, -0.1) is 0 Å². The summed E-state index contributed by atoms with van der Waals surface area (Å²) in [7, 11) is 0. The quantitative estimate of drug-likeness (QED) is 0.326. The number of carbonyl (C=O) groups excluding carboxylic acids is 1. The molecule has 4 nitrogen and oxygen atoms in total. The van der Waals surface area contributed by atoms with Gasteiger partial charge in [-0.05, 0) is 6.42 Å². The largest absolute Gasteiger partial charge is 0.325 e. The van der Waals surface area contributed by atoms with E-state index in [0.717, 1.165) is 6.54 Å². The van der Waals surface area contributed by atoms with Gasteiger partial charge in [0.2, 0.25) is 0 Å². The first-order valence-corrected chi connectivity index (χ1v) is 11.1. The summed E-state index contributed by atoms with van der Waals surface area (Å²) in [6.07, 6.45) is 22.6. The minimum atomic E-state index is -0.0387. The van der Waals surface area contributed by atoms with E-state index in [0.29, 0.717) is 13.3 Å². The smallest absolute Gasteiger partial charge is 0.316 e. The highest BCUT2D eigenvalue weighted by Crippen LogP contribution is 2.13. The second-order valence-corrected chi connectivity index (χ2v) is 7.70. The SMILES string of the molecule is CCCCCCCCCCCCCCCCCCN1CNC(=O)NC1. The Labute approximate surface area is 156 Å². The molecule has 1 heterocycles. The van der Waals surface area contributed by atoms with Gasteiger partial charge in [0.05, 0.1) is 13.3 Å². The highest BCUT2D eigenvalue weighted by Gasteiger charge is 2.12. The van der Waals surface area contributed by atoms with Crippen LogP contribution in [-0.2, 0) is 0 Å². The van der Waals surface area contributed by atoms with Gasteiger partial charge in [-0.25, -0.2) is 4.79 Å². The van der Waals surface area contributed by atoms with Crippen molar-refractivity contribution < 1.29 is 4.79 Å². The maximum Gasteiger partial charge on any atom is 0.316 e. The number of rotatable bonds is 17. The molecular weight excluding hydrogens is 310 g/mol. The second kappa shape index (κ2) is 16.7. The number of carbonyl (C=O) groups is 1. The molecular formula is C21H43N3O. The van der Waals surface area contributed by atoms with Gasteiger partial charge in [0, 0.05) is 6.54 Å². The van der Waals surface area contributed by atoms with E-state index in [4.69, 9.17) is 0 Å². The Morgan fingerprint density at radius 2 is 1.00 bits per heavy atom. The number of urea groups is 1. The molecule has 4 heteroatoms. The number of hydrogen-bond donors (Lipinski definition) is 2. The lowest BCUT2D eigenvalue weighted by Crippen LogP contribution is -2.54. The van der Waals surface area contributed by atoms with Crippen molar-refractivity contribution in [3.8, 4) is 0 Å². The van der Waals surface area contributed by atoms with E-state index >= 15 is 0 Å². The van der Waals surface area contributed by atoms with E-state index in [9.17, 15) is 4.79 Å². The summed E-state index contributed by atoms with van der Waals surface area (Å²) in [5, 5.41) is 5.63. The lowest BCUT2D eigenvalue weighted by atomic mass is 10.0. The third-order valence-electron chi connectivity index (χ3n) is 5.25. The maximum atomic E-state index is 11.0. The van der Waals surface area contributed by atoms with Gasteiger partial charge in [-0.3, -0.25) is 4.90 Å². The molecule has 148 valence electrons. The summed E-state index contributed by atoms with van der Waals surface area (Å²) in [5.74, 6) is 0. The zero-order valence-corrected chi connectivity index (χ0v) is 16.8. The highest BCUT2D eigenvalue weighted by molar-refractivity contribution is 5.74. The van der Waals surface area contributed by atoms with E-state index in [-0.39, 0.29) is 6.03 Å². The molecule has 0 atom stereocenters. The standard InChI is InChI=1S/C21H43N3O/c1-2-3-4-5-6-7-8-9-10-11-12-13-14-15-16-17-18-24-19-22-21(25)23-20-24/h2-20H2,1H3,(H2,22,23,25). The van der Waals surface area contributed by atoms with E-state index in [1.807, 2.05) is 0 Å². The van der Waals surface area contributed by atoms with E-state index < -0.39 is 0 Å². The molecule has 1 aliphatic rings. The number of unbranched alkanes of at least 4 members (excludes halogenated alkanes) is 15. The Hall–Kier alpha value is -0.770. The number of nitrogens with zero attached hydrogens (tertiary/aromatic N) is 1. The van der Waals surface area contributed by atoms with Gasteiger partial charge in [0.15, 0.2) is 0 Å². The molecule has 0 saturated carbocycles. The van der Waals surface area contributed by atoms with Crippen molar-refractivity contribution >= 4 is 6.03 Å². The fourth-order valence-electron chi connectivity index (χ4n) is 3.53. The van der Waals surface area contributed by atoms with Crippen LogP contribution in [0.3, 0.4) is 0 Å². The topological polar surface area (TPSA) is 44.4 Å². The molecule has 1 saturated heterocycles. The predicted octanol–water partition coefficient (Wildman–Crippen LogP) is 5.78. The van der Waals surface area contributed by atoms with E-state index in [2.05, 4.69) is 22.5 Å². The van der Waals surface area contributed by atoms with Gasteiger partial charge in [0.1, 0.15) is 0 Å². The van der Waals surface area contributed by atoms with Crippen LogP contribution in [0.25, 0.3) is 0 Å². The fourth-order valence-corrected chi connectivity index (χ4v) is 3.53. The number of nitrogens with one attached hydrogen (secondary N) is 2. The molecule has 25 heavy (non-hydrogen) atoms. The average molecular weight is 354 g/mol. The lowest BCUT2D eigenvalue weighted by Gasteiger charge is -2.27. The fraction of sp³-hybridized carbons (Fsp3) is 0.952. The van der Waals surface area contributed by atoms with Crippen LogP contribution in [0.4, 0.5) is 4.79 Å². The Bertz CT molecular complexity index is 300. The second-order valence-electron chi connectivity index (χ2n) is 7.70. The third-order valence-corrected chi connectivity index (χ3v) is 5.25. The summed E-state index contributed by atoms with van der Waals surface area (Å²) in [6, 6.07) is -0.0387. The van der Waals surface area contributed by atoms with E-state index in [1.165, 1.54) is 103 Å². The van der Waals surface area contributed by atoms with Crippen LogP contribution in [0.5, 0.6) is 0 Å². The molecule has 2 N–H and O–H groups in total. The third kappa shape index (κ3) is 14.1. The molecule has 0 aliphatic carbocycles. The van der Waals surface area contributed by atoms with Crippen molar-refractivity contribution in [2.24, 2.45) is 0 Å². The monoisotopic (exact) mass is 353 g/mol. The van der Waals surface area contributed by atoms with Crippen molar-refractivity contribution in [1.29, 1.82) is 0 Å².